The van der Waals surface area contributed by atoms with Crippen LogP contribution in [0.15, 0.2) is 0 Å². The molecule has 0 rings (SSSR count). The van der Waals surface area contributed by atoms with Crippen LogP contribution in [-0.4, -0.2) is 33.3 Å². The van der Waals surface area contributed by atoms with Crippen molar-refractivity contribution in [3.63, 3.8) is 0 Å². The molecule has 0 unspecified atom stereocenters. The lowest BCUT2D eigenvalue weighted by molar-refractivity contribution is 0.823. The van der Waals surface area contributed by atoms with Gasteiger partial charge >= 0.3 is 0 Å². The first kappa shape index (κ1) is 827000. The first-order valence-corrected chi connectivity index (χ1v) is 0. The molecule has 0 aliphatic carbocycles. The second-order valence-electron chi connectivity index (χ2n) is 0. The van der Waals surface area contributed by atoms with Crippen molar-refractivity contribution in [1.82, 2.24) is 0 Å². The van der Waals surface area contributed by atoms with Crippen molar-refractivity contribution < 1.29 is 16.4 Å². The fourth-order valence-electron chi connectivity index (χ4n) is 0. The molecular formula is H6B2O3. The minimum atomic E-state index is 0. The summed E-state index contributed by atoms with van der Waals surface area (Å²) in [6.07, 6.45) is 0. The molecule has 0 aliphatic rings. The maximum atomic E-state index is 0. The number of rotatable bonds is 0. The van der Waals surface area contributed by atoms with E-state index >= 15 is 0 Å². The highest BCUT2D eigenvalue weighted by atomic mass is 16.0. The molecule has 0 aromatic carbocycles. The van der Waals surface area contributed by atoms with Crippen molar-refractivity contribution in [2.24, 2.45) is 0 Å². The van der Waals surface area contributed by atoms with Crippen molar-refractivity contribution in [2.75, 3.05) is 0 Å². The Bertz CT molecular complexity index is 4.85. The summed E-state index contributed by atoms with van der Waals surface area (Å²) < 4.78 is 0. The van der Waals surface area contributed by atoms with E-state index in [1.54, 1.807) is 0 Å². The van der Waals surface area contributed by atoms with Crippen LogP contribution < -0.4 is 0 Å². The van der Waals surface area contributed by atoms with Crippen molar-refractivity contribution in [1.29, 1.82) is 0 Å². The molecule has 0 bridgehead atoms. The van der Waals surface area contributed by atoms with Gasteiger partial charge in [-0.1, -0.05) is 0 Å². The molecule has 0 saturated heterocycles. The third-order valence-electron chi connectivity index (χ3n) is 0. The molecule has 3 nitrogen and oxygen atoms in total. The zero-order valence-electron chi connectivity index (χ0n) is 2.65. The Morgan fingerprint density at radius 3 is 0.400 bits per heavy atom. The Balaban J connectivity index is 0. The SMILES string of the molecule is O.O.O.[B].[B]. The van der Waals surface area contributed by atoms with E-state index in [9.17, 15) is 0 Å². The fraction of sp³-hybridized carbons (Fsp3) is 0. The Morgan fingerprint density at radius 2 is 0.400 bits per heavy atom. The van der Waals surface area contributed by atoms with Crippen molar-refractivity contribution in [3.8, 4) is 0 Å². The molecule has 6 N–H and O–H groups in total. The van der Waals surface area contributed by atoms with E-state index in [1.165, 1.54) is 0 Å². The Morgan fingerprint density at radius 1 is 0.400 bits per heavy atom. The summed E-state index contributed by atoms with van der Waals surface area (Å²) in [5.74, 6) is 0. The van der Waals surface area contributed by atoms with Crippen molar-refractivity contribution >= 4 is 16.8 Å². The van der Waals surface area contributed by atoms with Gasteiger partial charge in [-0.3, -0.25) is 0 Å². The summed E-state index contributed by atoms with van der Waals surface area (Å²) in [5, 5.41) is 0. The van der Waals surface area contributed by atoms with Crippen molar-refractivity contribution in [2.45, 2.75) is 0 Å². The van der Waals surface area contributed by atoms with Crippen LogP contribution in [0, 0.1) is 0 Å². The van der Waals surface area contributed by atoms with E-state index in [2.05, 4.69) is 0 Å². The zero-order chi connectivity index (χ0) is 0. The lowest BCUT2D eigenvalue weighted by Gasteiger charge is -0.413. The topological polar surface area (TPSA) is 94.5 Å². The van der Waals surface area contributed by atoms with Gasteiger partial charge in [0.2, 0.25) is 0 Å². The molecule has 0 aromatic rings. The Hall–Kier alpha value is 0.00987. The number of hydrogen-bond donors (Lipinski definition) is 0. The molecule has 30 valence electrons. The smallest absolute Gasteiger partial charge is 0 e. The molecule has 5 heteroatoms. The standard InChI is InChI=1S/2B.3H2O/h;;3*1H2. The quantitative estimate of drug-likeness (QED) is 0.271. The van der Waals surface area contributed by atoms with Gasteiger partial charge in [-0.15, -0.1) is 0 Å². The van der Waals surface area contributed by atoms with Gasteiger partial charge in [0.25, 0.3) is 0 Å². The van der Waals surface area contributed by atoms with Gasteiger partial charge in [0.1, 0.15) is 0 Å². The van der Waals surface area contributed by atoms with E-state index in [-0.39, 0.29) is 33.3 Å². The van der Waals surface area contributed by atoms with Crippen LogP contribution in [0.25, 0.3) is 0 Å². The highest BCUT2D eigenvalue weighted by Crippen LogP contribution is -0.287. The summed E-state index contributed by atoms with van der Waals surface area (Å²) in [4.78, 5) is 0. The number of hydrogen-bond acceptors (Lipinski definition) is 0. The highest BCUT2D eigenvalue weighted by Gasteiger charge is 0.00101. The summed E-state index contributed by atoms with van der Waals surface area (Å²) in [7, 11) is 0. The Labute approximate surface area is 34.5 Å². The lowest BCUT2D eigenvalue weighted by atomic mass is 10.8. The van der Waals surface area contributed by atoms with E-state index in [4.69, 9.17) is 0 Å². The molecule has 5 heavy (non-hydrogen) atoms. The average Bonchev–Trinajstić information content (AvgIpc) is 0. The predicted molar refractivity (Wildman–Crippen MR) is 22.3 cm³/mol. The van der Waals surface area contributed by atoms with Crippen LogP contribution in [0.3, 0.4) is 0 Å². The summed E-state index contributed by atoms with van der Waals surface area (Å²) in [6.45, 7) is 0. The molecule has 0 spiro atoms. The molecule has 0 amide bonds. The molecule has 0 atom stereocenters. The largest absolute Gasteiger partial charge is 0.412 e. The molecule has 0 fully saturated rings. The van der Waals surface area contributed by atoms with Gasteiger partial charge < -0.3 is 16.4 Å². The van der Waals surface area contributed by atoms with E-state index in [0.717, 1.165) is 0 Å². The molecule has 0 aliphatic heterocycles. The van der Waals surface area contributed by atoms with Crippen LogP contribution in [-0.2, 0) is 0 Å². The van der Waals surface area contributed by atoms with Crippen LogP contribution in [0.2, 0.25) is 0 Å². The normalized spacial score (nSPS) is 0. The molecule has 0 saturated carbocycles. The molecule has 6 radical (unpaired) electrons. The Kier molecular flexibility index (Phi) is 61700000000. The second kappa shape index (κ2) is 373000. The van der Waals surface area contributed by atoms with Gasteiger partial charge in [0.05, 0.1) is 0 Å². The summed E-state index contributed by atoms with van der Waals surface area (Å²) >= 11 is 0. The third kappa shape index (κ3) is 166000. The minimum Gasteiger partial charge on any atom is -0.412 e. The monoisotopic (exact) mass is 76.1 g/mol. The molecular weight excluding hydrogens is 69.6 g/mol. The van der Waals surface area contributed by atoms with Crippen LogP contribution in [0.4, 0.5) is 0 Å². The fourth-order valence-corrected chi connectivity index (χ4v) is 0. The summed E-state index contributed by atoms with van der Waals surface area (Å²) in [5.41, 5.74) is 0. The third-order valence-corrected chi connectivity index (χ3v) is 0. The van der Waals surface area contributed by atoms with Gasteiger partial charge in [-0.25, -0.2) is 0 Å². The predicted octanol–water partition coefficient (Wildman–Crippen LogP) is -3.24. The van der Waals surface area contributed by atoms with Crippen LogP contribution in [0.1, 0.15) is 0 Å². The van der Waals surface area contributed by atoms with E-state index in [0.29, 0.717) is 0 Å². The maximum Gasteiger partial charge on any atom is 0 e. The molecule has 0 heterocycles. The lowest BCUT2D eigenvalue weighted by Crippen LogP contribution is -0.382. The van der Waals surface area contributed by atoms with E-state index in [1.807, 2.05) is 0 Å². The first-order chi connectivity index (χ1) is 0. The molecule has 0 aromatic heterocycles. The van der Waals surface area contributed by atoms with E-state index < -0.39 is 0 Å². The van der Waals surface area contributed by atoms with Crippen molar-refractivity contribution in [3.05, 3.63) is 0 Å². The first-order valence-electron chi connectivity index (χ1n) is 0. The highest BCUT2D eigenvalue weighted by molar-refractivity contribution is 5.76. The van der Waals surface area contributed by atoms with Crippen LogP contribution in [0.5, 0.6) is 0 Å². The zero-order valence-corrected chi connectivity index (χ0v) is 2.65. The van der Waals surface area contributed by atoms with Gasteiger partial charge in [-0.2, -0.15) is 0 Å². The van der Waals surface area contributed by atoms with Crippen LogP contribution >= 0.6 is 0 Å². The van der Waals surface area contributed by atoms with Gasteiger partial charge in [0, 0.05) is 16.8 Å². The minimum absolute atomic E-state index is 0. The summed E-state index contributed by atoms with van der Waals surface area (Å²) in [6, 6.07) is 0. The second-order valence-corrected chi connectivity index (χ2v) is 0. The maximum absolute atomic E-state index is 0. The van der Waals surface area contributed by atoms with Gasteiger partial charge in [-0.05, 0) is 0 Å². The average molecular weight is 75.7 g/mol. The van der Waals surface area contributed by atoms with Gasteiger partial charge in [0.15, 0.2) is 0 Å².